The van der Waals surface area contributed by atoms with Crippen LogP contribution >= 0.6 is 0 Å². The highest BCUT2D eigenvalue weighted by Gasteiger charge is 2.30. The van der Waals surface area contributed by atoms with Crippen molar-refractivity contribution in [2.45, 2.75) is 12.6 Å². The molecule has 0 N–H and O–H groups in total. The number of aromatic nitrogens is 3. The highest BCUT2D eigenvalue weighted by Crippen LogP contribution is 2.37. The predicted octanol–water partition coefficient (Wildman–Crippen LogP) is 6.49. The van der Waals surface area contributed by atoms with Crippen molar-refractivity contribution >= 4 is 21.8 Å². The minimum absolute atomic E-state index is 0.333. The molecule has 0 unspecified atom stereocenters. The maximum absolute atomic E-state index is 13.3. The molecule has 0 atom stereocenters. The Morgan fingerprint density at radius 2 is 1.69 bits per heavy atom. The van der Waals surface area contributed by atoms with Gasteiger partial charge in [0.1, 0.15) is 6.33 Å². The fraction of sp³-hybridized carbons (Fsp3) is 0.148. The Labute approximate surface area is 199 Å². The molecule has 0 aliphatic heterocycles. The zero-order chi connectivity index (χ0) is 24.4. The second-order valence-electron chi connectivity index (χ2n) is 7.91. The number of hydrogen-bond donors (Lipinski definition) is 0. The van der Waals surface area contributed by atoms with E-state index in [9.17, 15) is 13.2 Å². The molecule has 2 aromatic heterocycles. The molecular formula is C27H20F3N3O2. The van der Waals surface area contributed by atoms with Crippen molar-refractivity contribution in [1.29, 1.82) is 0 Å². The van der Waals surface area contributed by atoms with Crippen LogP contribution in [0.5, 0.6) is 11.5 Å². The monoisotopic (exact) mass is 475 g/mol. The van der Waals surface area contributed by atoms with Crippen LogP contribution in [0.2, 0.25) is 0 Å². The second-order valence-corrected chi connectivity index (χ2v) is 7.91. The van der Waals surface area contributed by atoms with Crippen molar-refractivity contribution in [2.24, 2.45) is 0 Å². The average molecular weight is 475 g/mol. The Morgan fingerprint density at radius 1 is 0.829 bits per heavy atom. The van der Waals surface area contributed by atoms with Crippen molar-refractivity contribution in [1.82, 2.24) is 15.0 Å². The molecule has 0 aliphatic carbocycles. The summed E-state index contributed by atoms with van der Waals surface area (Å²) in [7, 11) is 1.52. The number of para-hydroxylation sites is 1. The van der Waals surface area contributed by atoms with Crippen LogP contribution in [0.3, 0.4) is 0 Å². The highest BCUT2D eigenvalue weighted by atomic mass is 19.4. The van der Waals surface area contributed by atoms with Gasteiger partial charge in [0.15, 0.2) is 11.5 Å². The van der Waals surface area contributed by atoms with Crippen LogP contribution in [0.25, 0.3) is 33.1 Å². The molecule has 0 spiro atoms. The maximum atomic E-state index is 13.3. The molecule has 0 saturated carbocycles. The van der Waals surface area contributed by atoms with E-state index in [2.05, 4.69) is 15.0 Å². The summed E-state index contributed by atoms with van der Waals surface area (Å²) in [5.74, 6) is 0.918. The van der Waals surface area contributed by atoms with E-state index in [0.29, 0.717) is 46.7 Å². The fourth-order valence-electron chi connectivity index (χ4n) is 3.92. The molecule has 176 valence electrons. The minimum atomic E-state index is -4.45. The van der Waals surface area contributed by atoms with E-state index in [1.807, 2.05) is 36.4 Å². The lowest BCUT2D eigenvalue weighted by atomic mass is 10.0. The predicted molar refractivity (Wildman–Crippen MR) is 127 cm³/mol. The molecular weight excluding hydrogens is 455 g/mol. The van der Waals surface area contributed by atoms with Gasteiger partial charge in [0.05, 0.1) is 36.0 Å². The van der Waals surface area contributed by atoms with E-state index >= 15 is 0 Å². The van der Waals surface area contributed by atoms with Gasteiger partial charge in [-0.1, -0.05) is 36.4 Å². The van der Waals surface area contributed by atoms with Gasteiger partial charge in [-0.15, -0.1) is 0 Å². The van der Waals surface area contributed by atoms with Crippen LogP contribution in [0.1, 0.15) is 11.3 Å². The van der Waals surface area contributed by atoms with Gasteiger partial charge in [0.25, 0.3) is 0 Å². The number of pyridine rings is 1. The Hall–Kier alpha value is -4.20. The summed E-state index contributed by atoms with van der Waals surface area (Å²) >= 11 is 0. The number of nitrogens with zero attached hydrogens (tertiary/aromatic N) is 3. The van der Waals surface area contributed by atoms with E-state index in [-0.39, 0.29) is 0 Å². The van der Waals surface area contributed by atoms with Crippen LogP contribution in [0.4, 0.5) is 13.2 Å². The Bertz CT molecular complexity index is 1520. The second kappa shape index (κ2) is 9.21. The molecule has 5 rings (SSSR count). The summed E-state index contributed by atoms with van der Waals surface area (Å²) < 4.78 is 51.2. The smallest absolute Gasteiger partial charge is 0.416 e. The van der Waals surface area contributed by atoms with Gasteiger partial charge in [-0.3, -0.25) is 4.98 Å². The zero-order valence-electron chi connectivity index (χ0n) is 18.7. The molecule has 8 heteroatoms. The number of ether oxygens (including phenoxy) is 2. The van der Waals surface area contributed by atoms with E-state index in [1.54, 1.807) is 18.2 Å². The third-order valence-electron chi connectivity index (χ3n) is 5.66. The summed E-state index contributed by atoms with van der Waals surface area (Å²) in [6.07, 6.45) is -2.56. The Kier molecular flexibility index (Phi) is 5.94. The largest absolute Gasteiger partial charge is 0.493 e. The van der Waals surface area contributed by atoms with Gasteiger partial charge in [-0.2, -0.15) is 13.2 Å². The van der Waals surface area contributed by atoms with Crippen molar-refractivity contribution in [3.05, 3.63) is 90.4 Å². The summed E-state index contributed by atoms with van der Waals surface area (Å²) in [4.78, 5) is 13.2. The SMILES string of the molecule is COc1cc2ncnc(-c3cccc(C(F)(F)F)c3)c2cc1OCCc1ccc2ccccc2n1. The average Bonchev–Trinajstić information content (AvgIpc) is 2.87. The number of alkyl halides is 3. The number of hydrogen-bond acceptors (Lipinski definition) is 5. The molecule has 0 fully saturated rings. The van der Waals surface area contributed by atoms with Gasteiger partial charge in [0, 0.05) is 34.5 Å². The van der Waals surface area contributed by atoms with Gasteiger partial charge in [-0.25, -0.2) is 9.97 Å². The highest BCUT2D eigenvalue weighted by molar-refractivity contribution is 5.94. The Balaban J connectivity index is 1.45. The van der Waals surface area contributed by atoms with Crippen LogP contribution in [-0.4, -0.2) is 28.7 Å². The lowest BCUT2D eigenvalue weighted by Gasteiger charge is -2.14. The van der Waals surface area contributed by atoms with Crippen LogP contribution in [-0.2, 0) is 12.6 Å². The molecule has 5 nitrogen and oxygen atoms in total. The number of methoxy groups -OCH3 is 1. The molecule has 35 heavy (non-hydrogen) atoms. The summed E-state index contributed by atoms with van der Waals surface area (Å²) in [6.45, 7) is 0.333. The van der Waals surface area contributed by atoms with Gasteiger partial charge >= 0.3 is 6.18 Å². The molecule has 0 bridgehead atoms. The molecule has 0 radical (unpaired) electrons. The van der Waals surface area contributed by atoms with Crippen LogP contribution in [0, 0.1) is 0 Å². The number of halogens is 3. The Morgan fingerprint density at radius 3 is 2.51 bits per heavy atom. The first-order chi connectivity index (χ1) is 16.9. The number of fused-ring (bicyclic) bond motifs is 2. The zero-order valence-corrected chi connectivity index (χ0v) is 18.7. The standard InChI is InChI=1S/C27H20F3N3O2/c1-34-24-15-23-21(26(32-16-31-23)18-6-4-7-19(13-18)27(28,29)30)14-25(24)35-12-11-20-10-9-17-5-2-3-8-22(17)33-20/h2-10,13-16H,11-12H2,1H3. The van der Waals surface area contributed by atoms with Crippen molar-refractivity contribution in [3.63, 3.8) is 0 Å². The molecule has 0 amide bonds. The van der Waals surface area contributed by atoms with E-state index < -0.39 is 11.7 Å². The maximum Gasteiger partial charge on any atom is 0.416 e. The van der Waals surface area contributed by atoms with Crippen molar-refractivity contribution in [2.75, 3.05) is 13.7 Å². The lowest BCUT2D eigenvalue weighted by molar-refractivity contribution is -0.137. The molecule has 0 aliphatic rings. The first-order valence-corrected chi connectivity index (χ1v) is 10.9. The van der Waals surface area contributed by atoms with E-state index in [1.165, 1.54) is 19.5 Å². The lowest BCUT2D eigenvalue weighted by Crippen LogP contribution is -2.05. The number of rotatable bonds is 6. The van der Waals surface area contributed by atoms with Gasteiger partial charge < -0.3 is 9.47 Å². The first kappa shape index (κ1) is 22.6. The minimum Gasteiger partial charge on any atom is -0.493 e. The van der Waals surface area contributed by atoms with E-state index in [4.69, 9.17) is 9.47 Å². The number of benzene rings is 3. The third-order valence-corrected chi connectivity index (χ3v) is 5.66. The topological polar surface area (TPSA) is 57.1 Å². The molecule has 0 saturated heterocycles. The molecule has 3 aromatic carbocycles. The third kappa shape index (κ3) is 4.73. The normalized spacial score (nSPS) is 11.7. The first-order valence-electron chi connectivity index (χ1n) is 10.9. The van der Waals surface area contributed by atoms with Gasteiger partial charge in [0.2, 0.25) is 0 Å². The molecule has 5 aromatic rings. The summed E-state index contributed by atoms with van der Waals surface area (Å²) in [5.41, 5.74) is 2.31. The summed E-state index contributed by atoms with van der Waals surface area (Å²) in [5, 5.41) is 1.63. The fourth-order valence-corrected chi connectivity index (χ4v) is 3.92. The van der Waals surface area contributed by atoms with Crippen LogP contribution in [0.15, 0.2) is 79.1 Å². The van der Waals surface area contributed by atoms with Crippen LogP contribution < -0.4 is 9.47 Å². The quantitative estimate of drug-likeness (QED) is 0.281. The van der Waals surface area contributed by atoms with Crippen molar-refractivity contribution < 1.29 is 22.6 Å². The molecule has 2 heterocycles. The van der Waals surface area contributed by atoms with Crippen molar-refractivity contribution in [3.8, 4) is 22.8 Å². The van der Waals surface area contributed by atoms with Gasteiger partial charge in [-0.05, 0) is 30.3 Å². The van der Waals surface area contributed by atoms with E-state index in [0.717, 1.165) is 28.7 Å². The summed E-state index contributed by atoms with van der Waals surface area (Å²) in [6, 6.07) is 20.3.